The highest BCUT2D eigenvalue weighted by Gasteiger charge is 2.34. The molecule has 2 rings (SSSR count). The topological polar surface area (TPSA) is 50.2 Å². The second-order valence-electron chi connectivity index (χ2n) is 4.14. The Hall–Kier alpha value is -1.50. The molecule has 0 radical (unpaired) electrons. The SMILES string of the molecule is O=C(O)c1ccc(C(F)(F)F)nc1-c1cc(Cl)cc(Cl)c1Cl. The van der Waals surface area contributed by atoms with E-state index in [1.54, 1.807) is 0 Å². The average Bonchev–Trinajstić information content (AvgIpc) is 2.41. The van der Waals surface area contributed by atoms with Crippen molar-refractivity contribution in [3.63, 3.8) is 0 Å². The Morgan fingerprint density at radius 1 is 1.14 bits per heavy atom. The second-order valence-corrected chi connectivity index (χ2v) is 5.37. The fourth-order valence-electron chi connectivity index (χ4n) is 1.72. The third-order valence-electron chi connectivity index (χ3n) is 2.66. The number of aromatic nitrogens is 1. The van der Waals surface area contributed by atoms with Crippen molar-refractivity contribution in [2.24, 2.45) is 0 Å². The minimum absolute atomic E-state index is 0.0280. The average molecular weight is 371 g/mol. The van der Waals surface area contributed by atoms with Crippen LogP contribution in [0.5, 0.6) is 0 Å². The minimum Gasteiger partial charge on any atom is -0.478 e. The Kier molecular flexibility index (Phi) is 4.56. The van der Waals surface area contributed by atoms with Crippen molar-refractivity contribution >= 4 is 40.8 Å². The zero-order valence-electron chi connectivity index (χ0n) is 10.4. The monoisotopic (exact) mass is 369 g/mol. The van der Waals surface area contributed by atoms with Crippen molar-refractivity contribution in [3.8, 4) is 11.3 Å². The molecule has 0 fully saturated rings. The van der Waals surface area contributed by atoms with Crippen LogP contribution in [-0.4, -0.2) is 16.1 Å². The van der Waals surface area contributed by atoms with Crippen molar-refractivity contribution in [2.75, 3.05) is 0 Å². The van der Waals surface area contributed by atoms with Crippen LogP contribution in [0.25, 0.3) is 11.3 Å². The fraction of sp³-hybridized carbons (Fsp3) is 0.0769. The first kappa shape index (κ1) is 16.9. The lowest BCUT2D eigenvalue weighted by molar-refractivity contribution is -0.141. The third kappa shape index (κ3) is 3.29. The van der Waals surface area contributed by atoms with E-state index in [-0.39, 0.29) is 20.6 Å². The maximum atomic E-state index is 12.8. The summed E-state index contributed by atoms with van der Waals surface area (Å²) < 4.78 is 38.3. The molecule has 0 spiro atoms. The molecule has 0 bridgehead atoms. The number of rotatable bonds is 2. The molecule has 1 N–H and O–H groups in total. The highest BCUT2D eigenvalue weighted by Crippen LogP contribution is 2.38. The molecule has 0 saturated heterocycles. The summed E-state index contributed by atoms with van der Waals surface area (Å²) in [5, 5.41) is 9.04. The van der Waals surface area contributed by atoms with Crippen molar-refractivity contribution in [3.05, 3.63) is 50.6 Å². The van der Waals surface area contributed by atoms with Crippen molar-refractivity contribution in [1.82, 2.24) is 4.98 Å². The van der Waals surface area contributed by atoms with E-state index < -0.39 is 29.1 Å². The second kappa shape index (κ2) is 5.95. The van der Waals surface area contributed by atoms with Gasteiger partial charge >= 0.3 is 12.1 Å². The first-order valence-electron chi connectivity index (χ1n) is 5.57. The van der Waals surface area contributed by atoms with E-state index >= 15 is 0 Å². The van der Waals surface area contributed by atoms with E-state index in [9.17, 15) is 18.0 Å². The lowest BCUT2D eigenvalue weighted by atomic mass is 10.0. The molecule has 0 aliphatic carbocycles. The van der Waals surface area contributed by atoms with Gasteiger partial charge in [-0.25, -0.2) is 9.78 Å². The number of hydrogen-bond donors (Lipinski definition) is 1. The number of halogens is 6. The molecule has 0 aliphatic heterocycles. The van der Waals surface area contributed by atoms with Gasteiger partial charge in [0.05, 0.1) is 21.3 Å². The summed E-state index contributed by atoms with van der Waals surface area (Å²) in [4.78, 5) is 14.6. The molecule has 1 aromatic carbocycles. The Bertz CT molecular complexity index is 763. The normalized spacial score (nSPS) is 11.5. The van der Waals surface area contributed by atoms with Crippen LogP contribution in [0.3, 0.4) is 0 Å². The maximum Gasteiger partial charge on any atom is 0.433 e. The van der Waals surface area contributed by atoms with Gasteiger partial charge in [-0.05, 0) is 24.3 Å². The fourth-order valence-corrected chi connectivity index (χ4v) is 2.42. The molecule has 0 unspecified atom stereocenters. The van der Waals surface area contributed by atoms with Gasteiger partial charge in [-0.1, -0.05) is 34.8 Å². The van der Waals surface area contributed by atoms with Crippen LogP contribution in [0.4, 0.5) is 13.2 Å². The molecule has 22 heavy (non-hydrogen) atoms. The van der Waals surface area contributed by atoms with Gasteiger partial charge in [0, 0.05) is 10.6 Å². The van der Waals surface area contributed by atoms with E-state index in [0.717, 1.165) is 6.07 Å². The Labute approximate surface area is 137 Å². The Balaban J connectivity index is 2.80. The molecule has 3 nitrogen and oxygen atoms in total. The first-order chi connectivity index (χ1) is 10.1. The van der Waals surface area contributed by atoms with Gasteiger partial charge < -0.3 is 5.11 Å². The zero-order valence-corrected chi connectivity index (χ0v) is 12.6. The largest absolute Gasteiger partial charge is 0.478 e. The van der Waals surface area contributed by atoms with Crippen molar-refractivity contribution in [2.45, 2.75) is 6.18 Å². The third-order valence-corrected chi connectivity index (χ3v) is 3.68. The van der Waals surface area contributed by atoms with E-state index in [0.29, 0.717) is 6.07 Å². The number of carboxylic acid groups (broad SMARTS) is 1. The Morgan fingerprint density at radius 3 is 2.32 bits per heavy atom. The molecule has 116 valence electrons. The van der Waals surface area contributed by atoms with Crippen LogP contribution in [0.1, 0.15) is 16.1 Å². The minimum atomic E-state index is -4.74. The van der Waals surface area contributed by atoms with E-state index in [1.165, 1.54) is 12.1 Å². The molecular formula is C13H5Cl3F3NO2. The summed E-state index contributed by atoms with van der Waals surface area (Å²) in [6.07, 6.45) is -4.74. The molecule has 0 atom stereocenters. The molecule has 0 saturated carbocycles. The lowest BCUT2D eigenvalue weighted by Crippen LogP contribution is -2.11. The quantitative estimate of drug-likeness (QED) is 0.718. The van der Waals surface area contributed by atoms with Gasteiger partial charge in [0.2, 0.25) is 0 Å². The smallest absolute Gasteiger partial charge is 0.433 e. The summed E-state index contributed by atoms with van der Waals surface area (Å²) in [6, 6.07) is 3.86. The number of pyridine rings is 1. The predicted octanol–water partition coefficient (Wildman–Crippen LogP) is 5.43. The number of nitrogens with zero attached hydrogens (tertiary/aromatic N) is 1. The molecule has 1 heterocycles. The van der Waals surface area contributed by atoms with Gasteiger partial charge in [0.1, 0.15) is 5.69 Å². The number of alkyl halides is 3. The van der Waals surface area contributed by atoms with Crippen LogP contribution < -0.4 is 0 Å². The number of benzene rings is 1. The number of carboxylic acids is 1. The van der Waals surface area contributed by atoms with E-state index in [2.05, 4.69) is 4.98 Å². The van der Waals surface area contributed by atoms with Crippen molar-refractivity contribution in [1.29, 1.82) is 0 Å². The van der Waals surface area contributed by atoms with Gasteiger partial charge in [0.25, 0.3) is 0 Å². The standard InChI is InChI=1S/C13H5Cl3F3NO2/c14-5-3-7(10(16)8(15)4-5)11-6(12(21)22)1-2-9(20-11)13(17,18)19/h1-4H,(H,21,22). The highest BCUT2D eigenvalue weighted by molar-refractivity contribution is 6.45. The first-order valence-corrected chi connectivity index (χ1v) is 6.71. The van der Waals surface area contributed by atoms with Crippen LogP contribution in [0.15, 0.2) is 24.3 Å². The van der Waals surface area contributed by atoms with E-state index in [1.807, 2.05) is 0 Å². The van der Waals surface area contributed by atoms with Crippen LogP contribution in [0, 0.1) is 0 Å². The van der Waals surface area contributed by atoms with Gasteiger partial charge in [-0.15, -0.1) is 0 Å². The molecule has 0 amide bonds. The van der Waals surface area contributed by atoms with E-state index in [4.69, 9.17) is 39.9 Å². The number of aromatic carboxylic acids is 1. The van der Waals surface area contributed by atoms with Gasteiger partial charge in [-0.3, -0.25) is 0 Å². The van der Waals surface area contributed by atoms with Gasteiger partial charge in [-0.2, -0.15) is 13.2 Å². The van der Waals surface area contributed by atoms with Crippen LogP contribution in [-0.2, 0) is 6.18 Å². The maximum absolute atomic E-state index is 12.8. The Morgan fingerprint density at radius 2 is 1.77 bits per heavy atom. The predicted molar refractivity (Wildman–Crippen MR) is 76.7 cm³/mol. The molecule has 0 aliphatic rings. The van der Waals surface area contributed by atoms with Crippen LogP contribution in [0.2, 0.25) is 15.1 Å². The van der Waals surface area contributed by atoms with Gasteiger partial charge in [0.15, 0.2) is 0 Å². The molecule has 1 aromatic heterocycles. The molecule has 9 heteroatoms. The van der Waals surface area contributed by atoms with Crippen LogP contribution >= 0.6 is 34.8 Å². The molecular weight excluding hydrogens is 366 g/mol. The summed E-state index contributed by atoms with van der Waals surface area (Å²) in [5.41, 5.74) is -2.26. The number of hydrogen-bond acceptors (Lipinski definition) is 2. The summed E-state index contributed by atoms with van der Waals surface area (Å²) in [6.45, 7) is 0. The van der Waals surface area contributed by atoms with Crippen molar-refractivity contribution < 1.29 is 23.1 Å². The summed E-state index contributed by atoms with van der Waals surface area (Å²) in [5.74, 6) is -1.46. The number of carbonyl (C=O) groups is 1. The summed E-state index contributed by atoms with van der Waals surface area (Å²) in [7, 11) is 0. The zero-order chi connectivity index (χ0) is 16.7. The highest BCUT2D eigenvalue weighted by atomic mass is 35.5. The summed E-state index contributed by atoms with van der Waals surface area (Å²) >= 11 is 17.5. The molecule has 2 aromatic rings. The lowest BCUT2D eigenvalue weighted by Gasteiger charge is -2.12.